The van der Waals surface area contributed by atoms with Crippen LogP contribution in [0.5, 0.6) is 17.2 Å². The van der Waals surface area contributed by atoms with Gasteiger partial charge in [0.2, 0.25) is 0 Å². The summed E-state index contributed by atoms with van der Waals surface area (Å²) in [5, 5.41) is 2.95. The second-order valence-electron chi connectivity index (χ2n) is 7.78. The van der Waals surface area contributed by atoms with E-state index in [2.05, 4.69) is 26.1 Å². The van der Waals surface area contributed by atoms with Gasteiger partial charge >= 0.3 is 0 Å². The van der Waals surface area contributed by atoms with E-state index in [1.807, 2.05) is 30.3 Å². The molecule has 0 saturated carbocycles. The lowest BCUT2D eigenvalue weighted by atomic mass is 10.1. The van der Waals surface area contributed by atoms with E-state index < -0.39 is 0 Å². The van der Waals surface area contributed by atoms with E-state index in [4.69, 9.17) is 14.2 Å². The number of rotatable bonds is 13. The summed E-state index contributed by atoms with van der Waals surface area (Å²) in [5.74, 6) is 2.66. The first-order valence-electron chi connectivity index (χ1n) is 10.8. The SMILES string of the molecule is CCCCCOc1ccc(C(=O)NCc2ccc(OCCC(C)C)c(OC)c2)cc1. The molecule has 2 rings (SSSR count). The Bertz CT molecular complexity index is 771. The summed E-state index contributed by atoms with van der Waals surface area (Å²) in [6, 6.07) is 13.0. The maximum absolute atomic E-state index is 12.4. The van der Waals surface area contributed by atoms with Gasteiger partial charge in [-0.1, -0.05) is 39.7 Å². The third-order valence-electron chi connectivity index (χ3n) is 4.77. The summed E-state index contributed by atoms with van der Waals surface area (Å²) in [5.41, 5.74) is 1.56. The fourth-order valence-electron chi connectivity index (χ4n) is 2.87. The number of nitrogens with one attached hydrogen (secondary N) is 1. The average Bonchev–Trinajstić information content (AvgIpc) is 2.75. The van der Waals surface area contributed by atoms with Gasteiger partial charge < -0.3 is 19.5 Å². The van der Waals surface area contributed by atoms with E-state index in [0.717, 1.165) is 36.3 Å². The lowest BCUT2D eigenvalue weighted by molar-refractivity contribution is 0.0951. The minimum absolute atomic E-state index is 0.122. The standard InChI is InChI=1S/C25H35NO4/c1-5-6-7-15-29-22-11-9-21(10-12-22)25(27)26-18-20-8-13-23(24(17-20)28-4)30-16-14-19(2)3/h8-13,17,19H,5-7,14-16,18H2,1-4H3,(H,26,27). The third-order valence-corrected chi connectivity index (χ3v) is 4.77. The van der Waals surface area contributed by atoms with Crippen LogP contribution in [-0.2, 0) is 6.54 Å². The van der Waals surface area contributed by atoms with Gasteiger partial charge in [-0.2, -0.15) is 0 Å². The molecule has 0 radical (unpaired) electrons. The summed E-state index contributed by atoms with van der Waals surface area (Å²) in [6.07, 6.45) is 4.37. The molecule has 0 aliphatic rings. The van der Waals surface area contributed by atoms with E-state index in [9.17, 15) is 4.79 Å². The highest BCUT2D eigenvalue weighted by molar-refractivity contribution is 5.94. The van der Waals surface area contributed by atoms with Crippen molar-refractivity contribution in [2.75, 3.05) is 20.3 Å². The number of benzene rings is 2. The van der Waals surface area contributed by atoms with Gasteiger partial charge in [0, 0.05) is 12.1 Å². The predicted octanol–water partition coefficient (Wildman–Crippen LogP) is 5.62. The Morgan fingerprint density at radius 1 is 0.967 bits per heavy atom. The average molecular weight is 414 g/mol. The summed E-state index contributed by atoms with van der Waals surface area (Å²) in [6.45, 7) is 8.28. The van der Waals surface area contributed by atoms with E-state index >= 15 is 0 Å². The molecule has 2 aromatic rings. The van der Waals surface area contributed by atoms with Crippen LogP contribution in [-0.4, -0.2) is 26.2 Å². The van der Waals surface area contributed by atoms with Gasteiger partial charge in [0.25, 0.3) is 5.91 Å². The quantitative estimate of drug-likeness (QED) is 0.433. The molecule has 0 aromatic heterocycles. The molecule has 1 amide bonds. The van der Waals surface area contributed by atoms with Crippen molar-refractivity contribution in [3.8, 4) is 17.2 Å². The number of carbonyl (C=O) groups is 1. The smallest absolute Gasteiger partial charge is 0.251 e. The van der Waals surface area contributed by atoms with Crippen LogP contribution >= 0.6 is 0 Å². The number of carbonyl (C=O) groups excluding carboxylic acids is 1. The molecule has 1 N–H and O–H groups in total. The van der Waals surface area contributed by atoms with Crippen molar-refractivity contribution < 1.29 is 19.0 Å². The van der Waals surface area contributed by atoms with Crippen molar-refractivity contribution in [2.45, 2.75) is 53.0 Å². The normalized spacial score (nSPS) is 10.7. The van der Waals surface area contributed by atoms with Crippen LogP contribution < -0.4 is 19.5 Å². The highest BCUT2D eigenvalue weighted by Crippen LogP contribution is 2.28. The molecule has 30 heavy (non-hydrogen) atoms. The first-order valence-corrected chi connectivity index (χ1v) is 10.8. The predicted molar refractivity (Wildman–Crippen MR) is 121 cm³/mol. The largest absolute Gasteiger partial charge is 0.494 e. The lowest BCUT2D eigenvalue weighted by Crippen LogP contribution is -2.22. The van der Waals surface area contributed by atoms with Crippen molar-refractivity contribution in [1.82, 2.24) is 5.32 Å². The molecular formula is C25H35NO4. The zero-order valence-electron chi connectivity index (χ0n) is 18.7. The fourth-order valence-corrected chi connectivity index (χ4v) is 2.87. The highest BCUT2D eigenvalue weighted by atomic mass is 16.5. The Labute approximate surface area is 180 Å². The van der Waals surface area contributed by atoms with Gasteiger partial charge in [-0.05, 0) is 60.7 Å². The molecule has 0 saturated heterocycles. The number of ether oxygens (including phenoxy) is 3. The molecule has 0 atom stereocenters. The van der Waals surface area contributed by atoms with Crippen LogP contribution in [0.3, 0.4) is 0 Å². The number of unbranched alkanes of at least 4 members (excludes halogenated alkanes) is 2. The molecular weight excluding hydrogens is 378 g/mol. The minimum atomic E-state index is -0.122. The van der Waals surface area contributed by atoms with Crippen LogP contribution in [0.1, 0.15) is 62.4 Å². The maximum Gasteiger partial charge on any atom is 0.251 e. The molecule has 0 aliphatic heterocycles. The zero-order valence-corrected chi connectivity index (χ0v) is 18.7. The van der Waals surface area contributed by atoms with Gasteiger partial charge in [0.05, 0.1) is 20.3 Å². The van der Waals surface area contributed by atoms with Crippen molar-refractivity contribution in [3.05, 3.63) is 53.6 Å². The van der Waals surface area contributed by atoms with Crippen LogP contribution in [0.25, 0.3) is 0 Å². The molecule has 0 spiro atoms. The van der Waals surface area contributed by atoms with Gasteiger partial charge in [-0.3, -0.25) is 4.79 Å². The van der Waals surface area contributed by atoms with E-state index in [1.54, 1.807) is 19.2 Å². The van der Waals surface area contributed by atoms with E-state index in [-0.39, 0.29) is 5.91 Å². The summed E-state index contributed by atoms with van der Waals surface area (Å²) < 4.78 is 17.0. The van der Waals surface area contributed by atoms with Gasteiger partial charge in [0.15, 0.2) is 11.5 Å². The number of methoxy groups -OCH3 is 1. The third kappa shape index (κ3) is 7.97. The van der Waals surface area contributed by atoms with Gasteiger partial charge in [0.1, 0.15) is 5.75 Å². The molecule has 164 valence electrons. The van der Waals surface area contributed by atoms with Crippen LogP contribution in [0.15, 0.2) is 42.5 Å². The first-order chi connectivity index (χ1) is 14.5. The van der Waals surface area contributed by atoms with Crippen LogP contribution in [0.4, 0.5) is 0 Å². The number of hydrogen-bond donors (Lipinski definition) is 1. The second-order valence-corrected chi connectivity index (χ2v) is 7.78. The highest BCUT2D eigenvalue weighted by Gasteiger charge is 2.09. The monoisotopic (exact) mass is 413 g/mol. The Hall–Kier alpha value is -2.69. The minimum Gasteiger partial charge on any atom is -0.494 e. The molecule has 0 heterocycles. The Morgan fingerprint density at radius 2 is 1.73 bits per heavy atom. The lowest BCUT2D eigenvalue weighted by Gasteiger charge is -2.13. The summed E-state index contributed by atoms with van der Waals surface area (Å²) in [4.78, 5) is 12.4. The fraction of sp³-hybridized carbons (Fsp3) is 0.480. The van der Waals surface area contributed by atoms with Crippen molar-refractivity contribution >= 4 is 5.91 Å². The second kappa shape index (κ2) is 12.8. The van der Waals surface area contributed by atoms with E-state index in [1.165, 1.54) is 6.42 Å². The number of amides is 1. The maximum atomic E-state index is 12.4. The van der Waals surface area contributed by atoms with Crippen LogP contribution in [0, 0.1) is 5.92 Å². The van der Waals surface area contributed by atoms with Crippen molar-refractivity contribution in [3.63, 3.8) is 0 Å². The molecule has 0 aliphatic carbocycles. The van der Waals surface area contributed by atoms with Crippen LogP contribution in [0.2, 0.25) is 0 Å². The Morgan fingerprint density at radius 3 is 2.40 bits per heavy atom. The molecule has 5 heteroatoms. The molecule has 0 bridgehead atoms. The topological polar surface area (TPSA) is 56.8 Å². The van der Waals surface area contributed by atoms with Crippen molar-refractivity contribution in [2.24, 2.45) is 5.92 Å². The Kier molecular flexibility index (Phi) is 10.1. The first kappa shape index (κ1) is 23.6. The molecule has 0 unspecified atom stereocenters. The molecule has 0 fully saturated rings. The van der Waals surface area contributed by atoms with Gasteiger partial charge in [-0.25, -0.2) is 0 Å². The molecule has 2 aromatic carbocycles. The number of hydrogen-bond acceptors (Lipinski definition) is 4. The van der Waals surface area contributed by atoms with Gasteiger partial charge in [-0.15, -0.1) is 0 Å². The summed E-state index contributed by atoms with van der Waals surface area (Å²) in [7, 11) is 1.62. The van der Waals surface area contributed by atoms with Crippen molar-refractivity contribution in [1.29, 1.82) is 0 Å². The zero-order chi connectivity index (χ0) is 21.8. The molecule has 5 nitrogen and oxygen atoms in total. The summed E-state index contributed by atoms with van der Waals surface area (Å²) >= 11 is 0. The van der Waals surface area contributed by atoms with E-state index in [0.29, 0.717) is 37.0 Å². The Balaban J connectivity index is 1.86.